The first-order chi connectivity index (χ1) is 9.00. The number of ether oxygens (including phenoxy) is 1. The van der Waals surface area contributed by atoms with Crippen molar-refractivity contribution in [3.8, 4) is 0 Å². The lowest BCUT2D eigenvalue weighted by atomic mass is 10.1. The number of non-ortho nitro benzene ring substituents is 1. The van der Waals surface area contributed by atoms with E-state index in [0.717, 1.165) is 12.1 Å². The van der Waals surface area contributed by atoms with Crippen LogP contribution in [0.4, 0.5) is 11.4 Å². The number of rotatable bonds is 2. The number of carbonyl (C=O) groups is 1. The van der Waals surface area contributed by atoms with Gasteiger partial charge in [0.25, 0.3) is 11.6 Å². The van der Waals surface area contributed by atoms with E-state index >= 15 is 0 Å². The van der Waals surface area contributed by atoms with Gasteiger partial charge in [0.05, 0.1) is 34.4 Å². The minimum atomic E-state index is -0.610. The Bertz CT molecular complexity index is 529. The summed E-state index contributed by atoms with van der Waals surface area (Å²) < 4.78 is 5.14. The number of nitrogens with two attached hydrogens (primary N) is 1. The highest BCUT2D eigenvalue weighted by molar-refractivity contribution is 6.34. The lowest BCUT2D eigenvalue weighted by Gasteiger charge is -2.27. The van der Waals surface area contributed by atoms with Crippen molar-refractivity contribution in [3.05, 3.63) is 32.8 Å². The van der Waals surface area contributed by atoms with Crippen LogP contribution < -0.4 is 5.73 Å². The Balaban J connectivity index is 2.37. The van der Waals surface area contributed by atoms with Crippen LogP contribution in [0.3, 0.4) is 0 Å². The number of hydrogen-bond donors (Lipinski definition) is 1. The first kappa shape index (κ1) is 13.6. The smallest absolute Gasteiger partial charge is 0.271 e. The molecular formula is C11H12ClN3O4. The first-order valence-electron chi connectivity index (χ1n) is 5.61. The number of hydrogen-bond acceptors (Lipinski definition) is 5. The minimum Gasteiger partial charge on any atom is -0.397 e. The van der Waals surface area contributed by atoms with E-state index in [9.17, 15) is 14.9 Å². The molecule has 1 aliphatic rings. The second-order valence-corrected chi connectivity index (χ2v) is 4.46. The van der Waals surface area contributed by atoms with Crippen molar-refractivity contribution in [2.75, 3.05) is 32.0 Å². The topological polar surface area (TPSA) is 98.7 Å². The summed E-state index contributed by atoms with van der Waals surface area (Å²) in [6.07, 6.45) is 0. The molecule has 1 saturated heterocycles. The average molecular weight is 286 g/mol. The molecule has 1 aromatic rings. The molecule has 0 atom stereocenters. The van der Waals surface area contributed by atoms with E-state index in [4.69, 9.17) is 22.1 Å². The zero-order chi connectivity index (χ0) is 14.0. The second-order valence-electron chi connectivity index (χ2n) is 4.05. The van der Waals surface area contributed by atoms with E-state index in [1.165, 1.54) is 4.90 Å². The van der Waals surface area contributed by atoms with Crippen LogP contribution in [0.15, 0.2) is 12.1 Å². The van der Waals surface area contributed by atoms with Gasteiger partial charge in [0.1, 0.15) is 0 Å². The Kier molecular flexibility index (Phi) is 3.87. The largest absolute Gasteiger partial charge is 0.397 e. The first-order valence-corrected chi connectivity index (χ1v) is 5.99. The van der Waals surface area contributed by atoms with Crippen LogP contribution in [0.5, 0.6) is 0 Å². The number of nitrogen functional groups attached to an aromatic ring is 1. The predicted molar refractivity (Wildman–Crippen MR) is 69.2 cm³/mol. The van der Waals surface area contributed by atoms with Gasteiger partial charge in [-0.3, -0.25) is 14.9 Å². The van der Waals surface area contributed by atoms with Crippen LogP contribution in [0.1, 0.15) is 10.4 Å². The molecule has 0 spiro atoms. The van der Waals surface area contributed by atoms with E-state index in [1.807, 2.05) is 0 Å². The molecule has 8 heteroatoms. The number of anilines is 1. The van der Waals surface area contributed by atoms with Crippen LogP contribution in [0.25, 0.3) is 0 Å². The third-order valence-electron chi connectivity index (χ3n) is 2.85. The fourth-order valence-electron chi connectivity index (χ4n) is 1.82. The molecule has 1 amide bonds. The molecular weight excluding hydrogens is 274 g/mol. The Hall–Kier alpha value is -1.86. The Morgan fingerprint density at radius 3 is 2.63 bits per heavy atom. The number of nitrogens with zero attached hydrogens (tertiary/aromatic N) is 2. The molecule has 2 N–H and O–H groups in total. The Labute approximate surface area is 114 Å². The van der Waals surface area contributed by atoms with Gasteiger partial charge in [-0.05, 0) is 0 Å². The zero-order valence-corrected chi connectivity index (χ0v) is 10.7. The van der Waals surface area contributed by atoms with Gasteiger partial charge in [0, 0.05) is 25.2 Å². The third-order valence-corrected chi connectivity index (χ3v) is 3.17. The highest BCUT2D eigenvalue weighted by atomic mass is 35.5. The summed E-state index contributed by atoms with van der Waals surface area (Å²) in [5.74, 6) is -0.369. The van der Waals surface area contributed by atoms with Gasteiger partial charge < -0.3 is 15.4 Å². The van der Waals surface area contributed by atoms with Gasteiger partial charge in [-0.25, -0.2) is 0 Å². The fourth-order valence-corrected chi connectivity index (χ4v) is 2.04. The molecule has 0 bridgehead atoms. The van der Waals surface area contributed by atoms with Crippen LogP contribution in [0, 0.1) is 10.1 Å². The molecule has 7 nitrogen and oxygen atoms in total. The fraction of sp³-hybridized carbons (Fsp3) is 0.364. The van der Waals surface area contributed by atoms with Crippen molar-refractivity contribution in [1.82, 2.24) is 4.90 Å². The standard InChI is InChI=1S/C11H12ClN3O4/c12-9-6-7(15(17)18)5-8(10(9)13)11(16)14-1-3-19-4-2-14/h5-6H,1-4,13H2. The van der Waals surface area contributed by atoms with Gasteiger partial charge in [0.2, 0.25) is 0 Å². The zero-order valence-electron chi connectivity index (χ0n) is 9.97. The summed E-state index contributed by atoms with van der Waals surface area (Å²) in [6.45, 7) is 1.74. The van der Waals surface area contributed by atoms with Gasteiger partial charge in [0.15, 0.2) is 0 Å². The molecule has 0 unspecified atom stereocenters. The third kappa shape index (κ3) is 2.77. The number of halogens is 1. The Morgan fingerprint density at radius 2 is 2.05 bits per heavy atom. The van der Waals surface area contributed by atoms with E-state index in [-0.39, 0.29) is 27.9 Å². The molecule has 1 heterocycles. The quantitative estimate of drug-likeness (QED) is 0.502. The molecule has 1 aliphatic heterocycles. The summed E-state index contributed by atoms with van der Waals surface area (Å²) in [5, 5.41) is 10.8. The van der Waals surface area contributed by atoms with Crippen molar-refractivity contribution in [3.63, 3.8) is 0 Å². The van der Waals surface area contributed by atoms with Gasteiger partial charge in [-0.15, -0.1) is 0 Å². The maximum Gasteiger partial charge on any atom is 0.271 e. The number of nitro groups is 1. The number of morpholine rings is 1. The van der Waals surface area contributed by atoms with E-state index in [0.29, 0.717) is 26.3 Å². The van der Waals surface area contributed by atoms with E-state index in [1.54, 1.807) is 0 Å². The van der Waals surface area contributed by atoms with Gasteiger partial charge in [-0.1, -0.05) is 11.6 Å². The molecule has 0 saturated carbocycles. The van der Waals surface area contributed by atoms with Gasteiger partial charge >= 0.3 is 0 Å². The average Bonchev–Trinajstić information content (AvgIpc) is 2.41. The van der Waals surface area contributed by atoms with Crippen LogP contribution >= 0.6 is 11.6 Å². The van der Waals surface area contributed by atoms with Gasteiger partial charge in [-0.2, -0.15) is 0 Å². The number of benzene rings is 1. The highest BCUT2D eigenvalue weighted by Gasteiger charge is 2.24. The van der Waals surface area contributed by atoms with Crippen molar-refractivity contribution in [2.45, 2.75) is 0 Å². The summed E-state index contributed by atoms with van der Waals surface area (Å²) in [4.78, 5) is 24.0. The molecule has 2 rings (SSSR count). The lowest BCUT2D eigenvalue weighted by molar-refractivity contribution is -0.384. The lowest BCUT2D eigenvalue weighted by Crippen LogP contribution is -2.41. The monoisotopic (exact) mass is 285 g/mol. The maximum absolute atomic E-state index is 12.3. The van der Waals surface area contributed by atoms with Crippen LogP contribution in [-0.4, -0.2) is 42.0 Å². The summed E-state index contributed by atoms with van der Waals surface area (Å²) in [6, 6.07) is 2.28. The minimum absolute atomic E-state index is 0.00538. The summed E-state index contributed by atoms with van der Waals surface area (Å²) in [5.41, 5.74) is 5.59. The van der Waals surface area contributed by atoms with Crippen LogP contribution in [-0.2, 0) is 4.74 Å². The van der Waals surface area contributed by atoms with Crippen molar-refractivity contribution in [1.29, 1.82) is 0 Å². The molecule has 1 aromatic carbocycles. The molecule has 19 heavy (non-hydrogen) atoms. The van der Waals surface area contributed by atoms with Crippen molar-refractivity contribution >= 4 is 28.9 Å². The maximum atomic E-state index is 12.3. The molecule has 102 valence electrons. The molecule has 1 fully saturated rings. The van der Waals surface area contributed by atoms with E-state index in [2.05, 4.69) is 0 Å². The van der Waals surface area contributed by atoms with Crippen molar-refractivity contribution in [2.24, 2.45) is 0 Å². The van der Waals surface area contributed by atoms with Crippen LogP contribution in [0.2, 0.25) is 5.02 Å². The number of amides is 1. The van der Waals surface area contributed by atoms with Crippen molar-refractivity contribution < 1.29 is 14.5 Å². The molecule has 0 aromatic heterocycles. The SMILES string of the molecule is Nc1c(Cl)cc([N+](=O)[O-])cc1C(=O)N1CCOCC1. The normalized spacial score (nSPS) is 15.3. The highest BCUT2D eigenvalue weighted by Crippen LogP contribution is 2.29. The molecule has 0 aliphatic carbocycles. The summed E-state index contributed by atoms with van der Waals surface area (Å²) in [7, 11) is 0. The van der Waals surface area contributed by atoms with E-state index < -0.39 is 4.92 Å². The Morgan fingerprint density at radius 1 is 1.42 bits per heavy atom. The number of nitro benzene ring substituents is 1. The molecule has 0 radical (unpaired) electrons. The number of carbonyl (C=O) groups excluding carboxylic acids is 1. The summed E-state index contributed by atoms with van der Waals surface area (Å²) >= 11 is 5.82. The predicted octanol–water partition coefficient (Wildman–Crippen LogP) is 1.30. The second kappa shape index (κ2) is 5.41.